The lowest BCUT2D eigenvalue weighted by Crippen LogP contribution is -1.86. The monoisotopic (exact) mass is 419 g/mol. The number of ether oxygens (including phenoxy) is 1. The third-order valence-electron chi connectivity index (χ3n) is 5.45. The second-order valence-electron chi connectivity index (χ2n) is 7.32. The molecule has 0 fully saturated rings. The van der Waals surface area contributed by atoms with Crippen LogP contribution in [0.5, 0.6) is 5.75 Å². The number of rotatable bonds is 4. The predicted molar refractivity (Wildman–Crippen MR) is 122 cm³/mol. The van der Waals surface area contributed by atoms with E-state index in [-0.39, 0.29) is 0 Å². The Morgan fingerprint density at radius 2 is 1.75 bits per heavy atom. The SMILES string of the molecule is COc1cncc(-c2ccc3[nH]nc(-c4nc5nccc(-c6ccncc6)c5[nH]4)c3c2)c1. The molecule has 0 aliphatic rings. The van der Waals surface area contributed by atoms with Gasteiger partial charge in [-0.15, -0.1) is 0 Å². The first-order chi connectivity index (χ1) is 15.8. The number of methoxy groups -OCH3 is 1. The first-order valence-corrected chi connectivity index (χ1v) is 10.0. The van der Waals surface area contributed by atoms with E-state index in [1.165, 1.54) is 0 Å². The van der Waals surface area contributed by atoms with Gasteiger partial charge in [0.15, 0.2) is 11.5 Å². The van der Waals surface area contributed by atoms with Crippen LogP contribution in [-0.2, 0) is 0 Å². The van der Waals surface area contributed by atoms with Crippen molar-refractivity contribution in [1.29, 1.82) is 0 Å². The van der Waals surface area contributed by atoms with Gasteiger partial charge in [0.25, 0.3) is 0 Å². The molecule has 5 heterocycles. The second kappa shape index (κ2) is 7.28. The minimum absolute atomic E-state index is 0.638. The zero-order chi connectivity index (χ0) is 21.5. The molecule has 0 aliphatic carbocycles. The van der Waals surface area contributed by atoms with Gasteiger partial charge in [-0.25, -0.2) is 9.97 Å². The maximum Gasteiger partial charge on any atom is 0.178 e. The van der Waals surface area contributed by atoms with Crippen LogP contribution in [0.15, 0.2) is 73.4 Å². The minimum atomic E-state index is 0.638. The fourth-order valence-electron chi connectivity index (χ4n) is 3.86. The molecule has 0 aliphatic heterocycles. The molecule has 8 nitrogen and oxygen atoms in total. The van der Waals surface area contributed by atoms with E-state index in [0.29, 0.717) is 17.2 Å². The molecule has 6 rings (SSSR count). The van der Waals surface area contributed by atoms with E-state index >= 15 is 0 Å². The molecule has 1 aromatic carbocycles. The van der Waals surface area contributed by atoms with Crippen LogP contribution in [0, 0.1) is 0 Å². The molecule has 8 heteroatoms. The number of aromatic amines is 2. The van der Waals surface area contributed by atoms with Gasteiger partial charge in [0.05, 0.1) is 24.3 Å². The van der Waals surface area contributed by atoms with Crippen molar-refractivity contribution in [2.45, 2.75) is 0 Å². The Labute approximate surface area is 182 Å². The standard InChI is InChI=1S/C24H17N7O/c1-32-17-10-16(12-26-13-17)15-2-3-20-19(11-15)22(31-30-20)24-28-21-18(6-9-27-23(21)29-24)14-4-7-25-8-5-14/h2-13H,1H3,(H,30,31)(H,27,28,29). The molecule has 0 spiro atoms. The molecular weight excluding hydrogens is 402 g/mol. The number of pyridine rings is 3. The number of nitrogens with one attached hydrogen (secondary N) is 2. The number of H-pyrrole nitrogens is 2. The summed E-state index contributed by atoms with van der Waals surface area (Å²) in [4.78, 5) is 21.0. The first-order valence-electron chi connectivity index (χ1n) is 10.0. The number of hydrogen-bond acceptors (Lipinski definition) is 6. The fourth-order valence-corrected chi connectivity index (χ4v) is 3.86. The molecule has 0 bridgehead atoms. The minimum Gasteiger partial charge on any atom is -0.495 e. The van der Waals surface area contributed by atoms with Gasteiger partial charge in [-0.2, -0.15) is 5.10 Å². The van der Waals surface area contributed by atoms with E-state index in [1.54, 1.807) is 31.9 Å². The quantitative estimate of drug-likeness (QED) is 0.431. The van der Waals surface area contributed by atoms with Crippen LogP contribution < -0.4 is 4.74 Å². The van der Waals surface area contributed by atoms with Crippen molar-refractivity contribution in [2.24, 2.45) is 0 Å². The Kier molecular flexibility index (Phi) is 4.14. The normalized spacial score (nSPS) is 11.3. The third kappa shape index (κ3) is 2.97. The van der Waals surface area contributed by atoms with Gasteiger partial charge in [-0.05, 0) is 47.5 Å². The molecular formula is C24H17N7O. The summed E-state index contributed by atoms with van der Waals surface area (Å²) in [6.45, 7) is 0. The van der Waals surface area contributed by atoms with Gasteiger partial charge >= 0.3 is 0 Å². The summed E-state index contributed by atoms with van der Waals surface area (Å²) in [7, 11) is 1.63. The van der Waals surface area contributed by atoms with Gasteiger partial charge in [-0.3, -0.25) is 15.1 Å². The molecule has 0 unspecified atom stereocenters. The van der Waals surface area contributed by atoms with Crippen molar-refractivity contribution in [3.05, 3.63) is 73.4 Å². The van der Waals surface area contributed by atoms with Gasteiger partial charge in [-0.1, -0.05) is 6.07 Å². The average Bonchev–Trinajstić information content (AvgIpc) is 3.48. The highest BCUT2D eigenvalue weighted by Crippen LogP contribution is 2.32. The highest BCUT2D eigenvalue weighted by atomic mass is 16.5. The van der Waals surface area contributed by atoms with Gasteiger partial charge in [0.1, 0.15) is 11.4 Å². The van der Waals surface area contributed by atoms with Crippen molar-refractivity contribution in [1.82, 2.24) is 35.1 Å². The van der Waals surface area contributed by atoms with Gasteiger partial charge in [0.2, 0.25) is 0 Å². The Hall–Kier alpha value is -4.59. The molecule has 0 atom stereocenters. The number of fused-ring (bicyclic) bond motifs is 2. The summed E-state index contributed by atoms with van der Waals surface area (Å²) >= 11 is 0. The Morgan fingerprint density at radius 1 is 0.844 bits per heavy atom. The average molecular weight is 419 g/mol. The fraction of sp³-hybridized carbons (Fsp3) is 0.0417. The van der Waals surface area contributed by atoms with Crippen LogP contribution in [0.2, 0.25) is 0 Å². The lowest BCUT2D eigenvalue weighted by atomic mass is 10.0. The number of nitrogens with zero attached hydrogens (tertiary/aromatic N) is 5. The van der Waals surface area contributed by atoms with E-state index in [2.05, 4.69) is 36.2 Å². The number of benzene rings is 1. The molecule has 6 aromatic rings. The smallest absolute Gasteiger partial charge is 0.178 e. The maximum absolute atomic E-state index is 5.32. The summed E-state index contributed by atoms with van der Waals surface area (Å²) in [5.41, 5.74) is 7.18. The number of aromatic nitrogens is 7. The van der Waals surface area contributed by atoms with Crippen molar-refractivity contribution in [2.75, 3.05) is 7.11 Å². The van der Waals surface area contributed by atoms with Crippen LogP contribution in [0.3, 0.4) is 0 Å². The lowest BCUT2D eigenvalue weighted by molar-refractivity contribution is 0.413. The van der Waals surface area contributed by atoms with E-state index in [4.69, 9.17) is 9.72 Å². The van der Waals surface area contributed by atoms with E-state index in [9.17, 15) is 0 Å². The summed E-state index contributed by atoms with van der Waals surface area (Å²) in [5, 5.41) is 8.59. The van der Waals surface area contributed by atoms with Crippen molar-refractivity contribution < 1.29 is 4.74 Å². The zero-order valence-electron chi connectivity index (χ0n) is 17.1. The van der Waals surface area contributed by atoms with Crippen molar-refractivity contribution >= 4 is 22.1 Å². The molecule has 2 N–H and O–H groups in total. The molecule has 154 valence electrons. The first kappa shape index (κ1) is 18.2. The molecule has 0 radical (unpaired) electrons. The van der Waals surface area contributed by atoms with E-state index in [1.807, 2.05) is 42.6 Å². The molecule has 32 heavy (non-hydrogen) atoms. The summed E-state index contributed by atoms with van der Waals surface area (Å²) < 4.78 is 5.32. The Morgan fingerprint density at radius 3 is 2.62 bits per heavy atom. The largest absolute Gasteiger partial charge is 0.495 e. The van der Waals surface area contributed by atoms with Crippen LogP contribution >= 0.6 is 0 Å². The highest BCUT2D eigenvalue weighted by molar-refractivity contribution is 5.97. The summed E-state index contributed by atoms with van der Waals surface area (Å²) in [5.74, 6) is 1.36. The van der Waals surface area contributed by atoms with Crippen LogP contribution in [0.1, 0.15) is 0 Å². The van der Waals surface area contributed by atoms with Gasteiger partial charge < -0.3 is 9.72 Å². The molecule has 5 aromatic heterocycles. The van der Waals surface area contributed by atoms with Gasteiger partial charge in [0, 0.05) is 41.3 Å². The predicted octanol–water partition coefficient (Wildman–Crippen LogP) is 4.63. The zero-order valence-corrected chi connectivity index (χ0v) is 17.1. The highest BCUT2D eigenvalue weighted by Gasteiger charge is 2.16. The number of imidazole rings is 1. The molecule has 0 amide bonds. The second-order valence-corrected chi connectivity index (χ2v) is 7.32. The molecule has 0 saturated heterocycles. The van der Waals surface area contributed by atoms with Crippen LogP contribution in [0.25, 0.3) is 55.8 Å². The maximum atomic E-state index is 5.32. The van der Waals surface area contributed by atoms with Crippen molar-refractivity contribution in [3.8, 4) is 39.5 Å². The van der Waals surface area contributed by atoms with E-state index in [0.717, 1.165) is 44.4 Å². The Balaban J connectivity index is 1.50. The lowest BCUT2D eigenvalue weighted by Gasteiger charge is -2.04. The third-order valence-corrected chi connectivity index (χ3v) is 5.45. The summed E-state index contributed by atoms with van der Waals surface area (Å²) in [6.07, 6.45) is 8.81. The summed E-state index contributed by atoms with van der Waals surface area (Å²) in [6, 6.07) is 14.0. The van der Waals surface area contributed by atoms with Crippen molar-refractivity contribution in [3.63, 3.8) is 0 Å². The Bertz CT molecular complexity index is 1570. The van der Waals surface area contributed by atoms with Crippen LogP contribution in [0.4, 0.5) is 0 Å². The van der Waals surface area contributed by atoms with Crippen LogP contribution in [-0.4, -0.2) is 42.2 Å². The topological polar surface area (TPSA) is 105 Å². The number of hydrogen-bond donors (Lipinski definition) is 2. The van der Waals surface area contributed by atoms with E-state index < -0.39 is 0 Å². The molecule has 0 saturated carbocycles.